The van der Waals surface area contributed by atoms with Gasteiger partial charge in [0.1, 0.15) is 0 Å². The zero-order valence-corrected chi connectivity index (χ0v) is 9.19. The zero-order chi connectivity index (χ0) is 10.5. The van der Waals surface area contributed by atoms with Crippen molar-refractivity contribution >= 4 is 0 Å². The van der Waals surface area contributed by atoms with Crippen LogP contribution in [0.15, 0.2) is 30.3 Å². The second kappa shape index (κ2) is 3.06. The van der Waals surface area contributed by atoms with E-state index in [1.165, 1.54) is 12.1 Å². The van der Waals surface area contributed by atoms with Crippen LogP contribution < -0.4 is 5.73 Å². The Morgan fingerprint density at radius 2 is 2.13 bits per heavy atom. The summed E-state index contributed by atoms with van der Waals surface area (Å²) in [7, 11) is 0. The molecule has 0 unspecified atom stereocenters. The van der Waals surface area contributed by atoms with Crippen molar-refractivity contribution in [3.63, 3.8) is 0 Å². The van der Waals surface area contributed by atoms with Gasteiger partial charge in [0.2, 0.25) is 0 Å². The summed E-state index contributed by atoms with van der Waals surface area (Å²) in [5, 5.41) is 0. The fourth-order valence-corrected chi connectivity index (χ4v) is 3.04. The lowest BCUT2D eigenvalue weighted by Crippen LogP contribution is -2.35. The molecular formula is C13H18N2. The summed E-state index contributed by atoms with van der Waals surface area (Å²) >= 11 is 0. The molecule has 15 heavy (non-hydrogen) atoms. The van der Waals surface area contributed by atoms with Crippen LogP contribution in [0.5, 0.6) is 0 Å². The molecule has 2 N–H and O–H groups in total. The van der Waals surface area contributed by atoms with Crippen LogP contribution in [0.4, 0.5) is 0 Å². The molecule has 0 aromatic heterocycles. The Bertz CT molecular complexity index is 362. The van der Waals surface area contributed by atoms with E-state index in [1.807, 2.05) is 0 Å². The highest BCUT2D eigenvalue weighted by Gasteiger charge is 2.63. The van der Waals surface area contributed by atoms with Gasteiger partial charge >= 0.3 is 0 Å². The van der Waals surface area contributed by atoms with Crippen LogP contribution in [0.1, 0.15) is 12.5 Å². The minimum Gasteiger partial charge on any atom is -0.323 e. The number of fused-ring (bicyclic) bond motifs is 1. The number of nitrogens with zero attached hydrogens (tertiary/aromatic N) is 1. The summed E-state index contributed by atoms with van der Waals surface area (Å²) in [6, 6.07) is 10.7. The highest BCUT2D eigenvalue weighted by atomic mass is 15.2. The predicted octanol–water partition coefficient (Wildman–Crippen LogP) is 1.47. The molecule has 1 saturated carbocycles. The molecule has 1 aromatic carbocycles. The maximum absolute atomic E-state index is 6.30. The number of hydrogen-bond acceptors (Lipinski definition) is 2. The molecule has 0 amide bonds. The normalized spacial score (nSPS) is 39.1. The van der Waals surface area contributed by atoms with E-state index in [2.05, 4.69) is 42.2 Å². The van der Waals surface area contributed by atoms with Gasteiger partial charge in [-0.2, -0.15) is 0 Å². The van der Waals surface area contributed by atoms with E-state index in [1.54, 1.807) is 0 Å². The third-order valence-corrected chi connectivity index (χ3v) is 4.23. The number of rotatable bonds is 2. The Labute approximate surface area is 91.1 Å². The van der Waals surface area contributed by atoms with Gasteiger partial charge in [0, 0.05) is 25.2 Å². The molecule has 1 heterocycles. The highest BCUT2D eigenvalue weighted by molar-refractivity contribution is 5.22. The van der Waals surface area contributed by atoms with Crippen LogP contribution in [0, 0.1) is 11.8 Å². The van der Waals surface area contributed by atoms with Gasteiger partial charge in [0.15, 0.2) is 0 Å². The molecule has 1 saturated heterocycles. The standard InChI is InChI=1S/C13H18N2/c1-10-12-8-15(9-13(10,12)14)7-11-5-3-2-4-6-11/h2-6,10,12H,7-9,14H2,1H3/t10-,12+,13+/m1/s1. The summed E-state index contributed by atoms with van der Waals surface area (Å²) in [4.78, 5) is 2.49. The minimum atomic E-state index is 0.148. The Balaban J connectivity index is 1.64. The van der Waals surface area contributed by atoms with Crippen molar-refractivity contribution in [2.75, 3.05) is 13.1 Å². The van der Waals surface area contributed by atoms with Gasteiger partial charge in [-0.25, -0.2) is 0 Å². The first-order valence-corrected chi connectivity index (χ1v) is 5.75. The van der Waals surface area contributed by atoms with Gasteiger partial charge in [-0.15, -0.1) is 0 Å². The van der Waals surface area contributed by atoms with Crippen molar-refractivity contribution in [1.82, 2.24) is 4.90 Å². The fourth-order valence-electron chi connectivity index (χ4n) is 3.04. The third-order valence-electron chi connectivity index (χ3n) is 4.23. The van der Waals surface area contributed by atoms with Crippen LogP contribution in [0.2, 0.25) is 0 Å². The van der Waals surface area contributed by atoms with E-state index in [-0.39, 0.29) is 5.54 Å². The van der Waals surface area contributed by atoms with Gasteiger partial charge in [0.25, 0.3) is 0 Å². The summed E-state index contributed by atoms with van der Waals surface area (Å²) in [5.41, 5.74) is 7.84. The molecule has 1 aliphatic carbocycles. The van der Waals surface area contributed by atoms with E-state index in [4.69, 9.17) is 5.73 Å². The van der Waals surface area contributed by atoms with Gasteiger partial charge < -0.3 is 5.73 Å². The second-order valence-electron chi connectivity index (χ2n) is 5.16. The van der Waals surface area contributed by atoms with E-state index < -0.39 is 0 Å². The molecule has 2 heteroatoms. The highest BCUT2D eigenvalue weighted by Crippen LogP contribution is 2.53. The van der Waals surface area contributed by atoms with Gasteiger partial charge in [-0.3, -0.25) is 4.90 Å². The summed E-state index contributed by atoms with van der Waals surface area (Å²) in [5.74, 6) is 1.49. The van der Waals surface area contributed by atoms with Crippen molar-refractivity contribution in [3.05, 3.63) is 35.9 Å². The third kappa shape index (κ3) is 1.40. The Morgan fingerprint density at radius 1 is 1.40 bits per heavy atom. The van der Waals surface area contributed by atoms with Crippen LogP contribution in [0.3, 0.4) is 0 Å². The van der Waals surface area contributed by atoms with Crippen LogP contribution >= 0.6 is 0 Å². The number of hydrogen-bond donors (Lipinski definition) is 1. The zero-order valence-electron chi connectivity index (χ0n) is 9.19. The predicted molar refractivity (Wildman–Crippen MR) is 61.3 cm³/mol. The van der Waals surface area contributed by atoms with Gasteiger partial charge in [0.05, 0.1) is 0 Å². The molecule has 2 fully saturated rings. The molecule has 2 aliphatic rings. The van der Waals surface area contributed by atoms with Crippen molar-refractivity contribution in [2.45, 2.75) is 19.0 Å². The van der Waals surface area contributed by atoms with Crippen LogP contribution in [-0.4, -0.2) is 23.5 Å². The Kier molecular flexibility index (Phi) is 1.91. The van der Waals surface area contributed by atoms with Crippen molar-refractivity contribution < 1.29 is 0 Å². The average Bonchev–Trinajstić information content (AvgIpc) is 2.59. The number of likely N-dealkylation sites (tertiary alicyclic amines) is 1. The lowest BCUT2D eigenvalue weighted by molar-refractivity contribution is 0.273. The molecule has 1 aromatic rings. The molecule has 0 bridgehead atoms. The Hall–Kier alpha value is -0.860. The SMILES string of the molecule is C[C@@H]1[C@@H]2CN(Cc3ccccc3)C[C@]12N. The fraction of sp³-hybridized carbons (Fsp3) is 0.538. The van der Waals surface area contributed by atoms with Crippen molar-refractivity contribution in [1.29, 1.82) is 0 Å². The summed E-state index contributed by atoms with van der Waals surface area (Å²) in [6.45, 7) is 5.60. The lowest BCUT2D eigenvalue weighted by Gasteiger charge is -2.20. The molecule has 2 nitrogen and oxygen atoms in total. The molecule has 0 radical (unpaired) electrons. The van der Waals surface area contributed by atoms with E-state index in [9.17, 15) is 0 Å². The first-order valence-electron chi connectivity index (χ1n) is 5.75. The molecule has 0 spiro atoms. The molecule has 3 atom stereocenters. The Morgan fingerprint density at radius 3 is 2.73 bits per heavy atom. The number of benzene rings is 1. The van der Waals surface area contributed by atoms with Crippen molar-refractivity contribution in [2.24, 2.45) is 17.6 Å². The quantitative estimate of drug-likeness (QED) is 0.787. The second-order valence-corrected chi connectivity index (χ2v) is 5.16. The first-order chi connectivity index (χ1) is 7.20. The smallest absolute Gasteiger partial charge is 0.0357 e. The average molecular weight is 202 g/mol. The number of piperidine rings is 1. The molecule has 80 valence electrons. The monoisotopic (exact) mass is 202 g/mol. The topological polar surface area (TPSA) is 29.3 Å². The summed E-state index contributed by atoms with van der Waals surface area (Å²) in [6.07, 6.45) is 0. The maximum Gasteiger partial charge on any atom is 0.0357 e. The van der Waals surface area contributed by atoms with E-state index in [0.717, 1.165) is 24.9 Å². The lowest BCUT2D eigenvalue weighted by atomic mass is 10.2. The summed E-state index contributed by atoms with van der Waals surface area (Å²) < 4.78 is 0. The number of nitrogens with two attached hydrogens (primary N) is 1. The minimum absolute atomic E-state index is 0.148. The van der Waals surface area contributed by atoms with Crippen molar-refractivity contribution in [3.8, 4) is 0 Å². The maximum atomic E-state index is 6.30. The van der Waals surface area contributed by atoms with E-state index >= 15 is 0 Å². The molecule has 1 aliphatic heterocycles. The van der Waals surface area contributed by atoms with Gasteiger partial charge in [-0.05, 0) is 17.4 Å². The molecular weight excluding hydrogens is 184 g/mol. The first kappa shape index (κ1) is 9.37. The largest absolute Gasteiger partial charge is 0.323 e. The van der Waals surface area contributed by atoms with Crippen LogP contribution in [-0.2, 0) is 6.54 Å². The van der Waals surface area contributed by atoms with Gasteiger partial charge in [-0.1, -0.05) is 37.3 Å². The molecule has 3 rings (SSSR count). The van der Waals surface area contributed by atoms with Crippen LogP contribution in [0.25, 0.3) is 0 Å². The van der Waals surface area contributed by atoms with E-state index in [0.29, 0.717) is 0 Å².